The second kappa shape index (κ2) is 8.89. The first-order valence-electron chi connectivity index (χ1n) is 9.16. The number of benzene rings is 1. The van der Waals surface area contributed by atoms with Crippen LogP contribution in [0.25, 0.3) is 0 Å². The average Bonchev–Trinajstić information content (AvgIpc) is 3.31. The predicted molar refractivity (Wildman–Crippen MR) is 109 cm³/mol. The van der Waals surface area contributed by atoms with E-state index in [9.17, 15) is 4.79 Å². The maximum Gasteiger partial charge on any atom is 0.202 e. The number of aryl methyl sites for hydroxylation is 1. The first-order valence-corrected chi connectivity index (χ1v) is 9.54. The van der Waals surface area contributed by atoms with Crippen LogP contribution >= 0.6 is 11.6 Å². The lowest BCUT2D eigenvalue weighted by molar-refractivity contribution is 0.0918. The zero-order valence-electron chi connectivity index (χ0n) is 16.5. The molecule has 1 aromatic carbocycles. The first-order chi connectivity index (χ1) is 13.9. The highest BCUT2D eigenvalue weighted by molar-refractivity contribution is 6.32. The Bertz CT molecular complexity index is 1060. The number of halogens is 1. The van der Waals surface area contributed by atoms with Gasteiger partial charge in [-0.1, -0.05) is 11.6 Å². The van der Waals surface area contributed by atoms with Crippen LogP contribution < -0.4 is 9.47 Å². The number of rotatable bonds is 8. The number of Topliss-reactive ketones (excluding diaryl/α,β-unsaturated/α-hetero) is 1. The Morgan fingerprint density at radius 3 is 2.72 bits per heavy atom. The molecule has 0 saturated carbocycles. The normalized spacial score (nSPS) is 10.6. The molecule has 0 spiro atoms. The molecule has 29 heavy (non-hydrogen) atoms. The third-order valence-corrected chi connectivity index (χ3v) is 4.83. The molecule has 0 bridgehead atoms. The summed E-state index contributed by atoms with van der Waals surface area (Å²) < 4.78 is 18.6. The van der Waals surface area contributed by atoms with Gasteiger partial charge in [0.05, 0.1) is 36.1 Å². The Labute approximate surface area is 174 Å². The summed E-state index contributed by atoms with van der Waals surface area (Å²) in [4.78, 5) is 12.8. The highest BCUT2D eigenvalue weighted by Gasteiger charge is 2.19. The lowest BCUT2D eigenvalue weighted by Gasteiger charge is -2.13. The first kappa shape index (κ1) is 20.6. The fourth-order valence-electron chi connectivity index (χ4n) is 3.14. The topological polar surface area (TPSA) is 77.4 Å². The number of ketones is 1. The molecule has 150 valence electrons. The fourth-order valence-corrected chi connectivity index (χ4v) is 3.40. The molecule has 0 aliphatic rings. The molecule has 0 aliphatic carbocycles. The Balaban J connectivity index is 1.79. The van der Waals surface area contributed by atoms with E-state index in [-0.39, 0.29) is 23.2 Å². The van der Waals surface area contributed by atoms with Crippen molar-refractivity contribution >= 4 is 17.4 Å². The highest BCUT2D eigenvalue weighted by atomic mass is 35.5. The Morgan fingerprint density at radius 2 is 2.07 bits per heavy atom. The summed E-state index contributed by atoms with van der Waals surface area (Å²) in [6.45, 7) is 6.38. The van der Waals surface area contributed by atoms with Gasteiger partial charge in [-0.05, 0) is 45.0 Å². The minimum atomic E-state index is -0.198. The number of ether oxygens (including phenoxy) is 2. The lowest BCUT2D eigenvalue weighted by atomic mass is 10.1. The molecule has 7 heteroatoms. The molecule has 0 aliphatic heterocycles. The van der Waals surface area contributed by atoms with Crippen molar-refractivity contribution in [3.8, 4) is 17.6 Å². The molecule has 0 unspecified atom stereocenters. The molecular weight excluding hydrogens is 392 g/mol. The number of carbonyl (C=O) groups is 1. The number of hydrogen-bond acceptors (Lipinski definition) is 5. The smallest absolute Gasteiger partial charge is 0.202 e. The molecule has 6 nitrogen and oxygen atoms in total. The third-order valence-electron chi connectivity index (χ3n) is 4.55. The number of nitriles is 1. The van der Waals surface area contributed by atoms with Crippen molar-refractivity contribution in [2.75, 3.05) is 13.2 Å². The van der Waals surface area contributed by atoms with E-state index in [2.05, 4.69) is 0 Å². The van der Waals surface area contributed by atoms with Gasteiger partial charge < -0.3 is 18.5 Å². The molecular formula is C22H21ClN2O4. The van der Waals surface area contributed by atoms with E-state index in [1.807, 2.05) is 49.6 Å². The minimum absolute atomic E-state index is 0.174. The number of nitrogens with zero attached hydrogens (tertiary/aromatic N) is 2. The van der Waals surface area contributed by atoms with Crippen LogP contribution in [-0.4, -0.2) is 23.6 Å². The SMILES string of the molecule is CCOc1cc(C#N)cc(Cl)c1OCC(=O)c1cc(C)n(Cc2ccco2)c1C. The van der Waals surface area contributed by atoms with E-state index in [0.29, 0.717) is 30.0 Å². The van der Waals surface area contributed by atoms with Crippen LogP contribution in [0.15, 0.2) is 41.0 Å². The van der Waals surface area contributed by atoms with Gasteiger partial charge in [0.15, 0.2) is 18.1 Å². The van der Waals surface area contributed by atoms with Crippen LogP contribution in [0, 0.1) is 25.2 Å². The monoisotopic (exact) mass is 412 g/mol. The maximum absolute atomic E-state index is 12.8. The molecule has 0 atom stereocenters. The van der Waals surface area contributed by atoms with Gasteiger partial charge in [0, 0.05) is 23.0 Å². The van der Waals surface area contributed by atoms with Gasteiger partial charge in [0.2, 0.25) is 5.78 Å². The number of hydrogen-bond donors (Lipinski definition) is 0. The van der Waals surface area contributed by atoms with Gasteiger partial charge in [0.1, 0.15) is 5.76 Å². The van der Waals surface area contributed by atoms with Crippen molar-refractivity contribution < 1.29 is 18.7 Å². The standard InChI is InChI=1S/C22H21ClN2O4/c1-4-27-21-10-16(11-24)9-19(23)22(21)29-13-20(26)18-8-14(2)25(15(18)3)12-17-6-5-7-28-17/h5-10H,4,12-13H2,1-3H3. The highest BCUT2D eigenvalue weighted by Crippen LogP contribution is 2.36. The number of furan rings is 1. The maximum atomic E-state index is 12.8. The van der Waals surface area contributed by atoms with E-state index in [4.69, 9.17) is 30.8 Å². The van der Waals surface area contributed by atoms with E-state index in [1.54, 1.807) is 12.3 Å². The quantitative estimate of drug-likeness (QED) is 0.490. The molecule has 3 rings (SSSR count). The Hall–Kier alpha value is -3.17. The molecule has 0 amide bonds. The van der Waals surface area contributed by atoms with Gasteiger partial charge in [-0.25, -0.2) is 0 Å². The number of aromatic nitrogens is 1. The van der Waals surface area contributed by atoms with Crippen LogP contribution in [-0.2, 0) is 6.54 Å². The van der Waals surface area contributed by atoms with Gasteiger partial charge in [0.25, 0.3) is 0 Å². The Morgan fingerprint density at radius 1 is 1.28 bits per heavy atom. The van der Waals surface area contributed by atoms with E-state index in [0.717, 1.165) is 17.1 Å². The summed E-state index contributed by atoms with van der Waals surface area (Å²) in [6, 6.07) is 10.6. The van der Waals surface area contributed by atoms with Crippen molar-refractivity contribution in [2.24, 2.45) is 0 Å². The van der Waals surface area contributed by atoms with E-state index < -0.39 is 0 Å². The summed E-state index contributed by atoms with van der Waals surface area (Å²) >= 11 is 6.24. The molecule has 0 fully saturated rings. The molecule has 2 heterocycles. The van der Waals surface area contributed by atoms with Crippen molar-refractivity contribution in [1.29, 1.82) is 5.26 Å². The summed E-state index contributed by atoms with van der Waals surface area (Å²) in [5, 5.41) is 9.32. The second-order valence-corrected chi connectivity index (χ2v) is 6.90. The summed E-state index contributed by atoms with van der Waals surface area (Å²) in [7, 11) is 0. The van der Waals surface area contributed by atoms with Gasteiger partial charge in [-0.2, -0.15) is 5.26 Å². The lowest BCUT2D eigenvalue weighted by Crippen LogP contribution is -2.14. The Kier molecular flexibility index (Phi) is 6.30. The molecule has 0 radical (unpaired) electrons. The molecule has 3 aromatic rings. The van der Waals surface area contributed by atoms with Crippen LogP contribution in [0.3, 0.4) is 0 Å². The van der Waals surface area contributed by atoms with Crippen LogP contribution in [0.4, 0.5) is 0 Å². The average molecular weight is 413 g/mol. The summed E-state index contributed by atoms with van der Waals surface area (Å²) in [5.74, 6) is 1.23. The predicted octanol–water partition coefficient (Wildman–Crippen LogP) is 4.93. The van der Waals surface area contributed by atoms with E-state index >= 15 is 0 Å². The summed E-state index contributed by atoms with van der Waals surface area (Å²) in [5.41, 5.74) is 2.73. The van der Waals surface area contributed by atoms with Crippen molar-refractivity contribution in [3.05, 3.63) is 69.9 Å². The van der Waals surface area contributed by atoms with Crippen molar-refractivity contribution in [3.63, 3.8) is 0 Å². The molecule has 0 saturated heterocycles. The van der Waals surface area contributed by atoms with Crippen LogP contribution in [0.2, 0.25) is 5.02 Å². The fraction of sp³-hybridized carbons (Fsp3) is 0.273. The molecule has 2 aromatic heterocycles. The zero-order chi connectivity index (χ0) is 21.0. The van der Waals surface area contributed by atoms with Gasteiger partial charge in [-0.15, -0.1) is 0 Å². The largest absolute Gasteiger partial charge is 0.490 e. The second-order valence-electron chi connectivity index (χ2n) is 6.49. The van der Waals surface area contributed by atoms with E-state index in [1.165, 1.54) is 6.07 Å². The van der Waals surface area contributed by atoms with Crippen molar-refractivity contribution in [1.82, 2.24) is 4.57 Å². The number of carbonyl (C=O) groups excluding carboxylic acids is 1. The van der Waals surface area contributed by atoms with Crippen molar-refractivity contribution in [2.45, 2.75) is 27.3 Å². The van der Waals surface area contributed by atoms with Crippen LogP contribution in [0.1, 0.15) is 40.0 Å². The third kappa shape index (κ3) is 4.47. The zero-order valence-corrected chi connectivity index (χ0v) is 17.2. The minimum Gasteiger partial charge on any atom is -0.490 e. The summed E-state index contributed by atoms with van der Waals surface area (Å²) in [6.07, 6.45) is 1.63. The van der Waals surface area contributed by atoms with Gasteiger partial charge >= 0.3 is 0 Å². The van der Waals surface area contributed by atoms with Crippen LogP contribution in [0.5, 0.6) is 11.5 Å². The molecule has 0 N–H and O–H groups in total. The van der Waals surface area contributed by atoms with Gasteiger partial charge in [-0.3, -0.25) is 4.79 Å².